The van der Waals surface area contributed by atoms with Gasteiger partial charge in [0.1, 0.15) is 11.6 Å². The molecule has 2 aromatic carbocycles. The summed E-state index contributed by atoms with van der Waals surface area (Å²) in [6.07, 6.45) is 0.825. The van der Waals surface area contributed by atoms with Crippen LogP contribution in [0.2, 0.25) is 0 Å². The molecule has 7 rings (SSSR count). The molecule has 3 aliphatic rings. The maximum atomic E-state index is 13.9. The number of ether oxygens (including phenoxy) is 1. The predicted molar refractivity (Wildman–Crippen MR) is 148 cm³/mol. The second kappa shape index (κ2) is 10.7. The van der Waals surface area contributed by atoms with E-state index in [1.807, 2.05) is 30.5 Å². The molecule has 12 heteroatoms. The van der Waals surface area contributed by atoms with Gasteiger partial charge in [-0.25, -0.2) is 9.37 Å². The van der Waals surface area contributed by atoms with Gasteiger partial charge < -0.3 is 15.0 Å². The molecule has 2 atom stereocenters. The first-order valence-corrected chi connectivity index (χ1v) is 13.3. The maximum absolute atomic E-state index is 13.9. The van der Waals surface area contributed by atoms with Crippen molar-refractivity contribution in [2.24, 2.45) is 0 Å². The summed E-state index contributed by atoms with van der Waals surface area (Å²) >= 11 is 0. The average Bonchev–Trinajstić information content (AvgIpc) is 3.54. The number of nitrogens with one attached hydrogen (secondary N) is 2. The molecule has 0 unspecified atom stereocenters. The number of benzene rings is 2. The van der Waals surface area contributed by atoms with E-state index in [1.165, 1.54) is 12.1 Å². The van der Waals surface area contributed by atoms with E-state index in [-0.39, 0.29) is 17.6 Å². The van der Waals surface area contributed by atoms with Crippen LogP contribution in [0.15, 0.2) is 54.7 Å². The highest BCUT2D eigenvalue weighted by Gasteiger charge is 2.65. The van der Waals surface area contributed by atoms with Crippen LogP contribution in [0.25, 0.3) is 23.1 Å². The van der Waals surface area contributed by atoms with Gasteiger partial charge in [-0.1, -0.05) is 18.2 Å². The van der Waals surface area contributed by atoms with E-state index in [2.05, 4.69) is 43.6 Å². The SMILES string of the molecule is O=C1Nc2ccc(F)cc2[C@]12C[C@H]2c1ccc2c(/C=C/c3ccc(N4CCOCC4)nc3)n[nH]c2c1.O=CC(F)(F)F. The fourth-order valence-corrected chi connectivity index (χ4v) is 5.62. The number of carbonyl (C=O) groups is 2. The number of nitrogens with zero attached hydrogens (tertiary/aromatic N) is 3. The van der Waals surface area contributed by atoms with E-state index in [0.29, 0.717) is 12.1 Å². The number of rotatable bonds is 4. The second-order valence-corrected chi connectivity index (χ2v) is 10.3. The number of aldehydes is 1. The van der Waals surface area contributed by atoms with Gasteiger partial charge in [0, 0.05) is 36.3 Å². The first-order chi connectivity index (χ1) is 20.2. The molecule has 42 heavy (non-hydrogen) atoms. The molecule has 2 aliphatic heterocycles. The average molecular weight is 580 g/mol. The van der Waals surface area contributed by atoms with E-state index in [4.69, 9.17) is 9.53 Å². The van der Waals surface area contributed by atoms with Gasteiger partial charge in [0.2, 0.25) is 12.2 Å². The Labute approximate surface area is 237 Å². The minimum Gasteiger partial charge on any atom is -0.378 e. The molecular weight excluding hydrogens is 554 g/mol. The molecule has 0 radical (unpaired) electrons. The fraction of sp³-hybridized carbons (Fsp3) is 0.267. The lowest BCUT2D eigenvalue weighted by Gasteiger charge is -2.27. The molecule has 1 amide bonds. The Kier molecular flexibility index (Phi) is 7.01. The third-order valence-electron chi connectivity index (χ3n) is 7.77. The number of aromatic amines is 1. The normalized spacial score (nSPS) is 21.3. The maximum Gasteiger partial charge on any atom is 0.446 e. The van der Waals surface area contributed by atoms with Crippen molar-refractivity contribution in [2.75, 3.05) is 36.5 Å². The van der Waals surface area contributed by atoms with E-state index in [1.54, 1.807) is 6.07 Å². The van der Waals surface area contributed by atoms with Crippen molar-refractivity contribution in [3.8, 4) is 0 Å². The van der Waals surface area contributed by atoms with Crippen LogP contribution in [-0.4, -0.2) is 59.9 Å². The number of aromatic nitrogens is 3. The summed E-state index contributed by atoms with van der Waals surface area (Å²) in [6.45, 7) is 3.19. The Bertz CT molecular complexity index is 1680. The molecule has 1 saturated heterocycles. The fourth-order valence-electron chi connectivity index (χ4n) is 5.62. The Balaban J connectivity index is 0.000000479. The van der Waals surface area contributed by atoms with Crippen LogP contribution in [0, 0.1) is 5.82 Å². The first-order valence-electron chi connectivity index (χ1n) is 13.3. The molecule has 2 fully saturated rings. The van der Waals surface area contributed by atoms with Crippen LogP contribution < -0.4 is 10.2 Å². The number of H-pyrrole nitrogens is 1. The Morgan fingerprint density at radius 2 is 1.83 bits per heavy atom. The topological polar surface area (TPSA) is 100 Å². The Morgan fingerprint density at radius 3 is 2.55 bits per heavy atom. The van der Waals surface area contributed by atoms with Gasteiger partial charge in [-0.3, -0.25) is 14.7 Å². The third kappa shape index (κ3) is 5.25. The molecular formula is C30H25F4N5O3. The molecule has 1 spiro atoms. The number of morpholine rings is 1. The van der Waals surface area contributed by atoms with Crippen molar-refractivity contribution in [3.63, 3.8) is 0 Å². The largest absolute Gasteiger partial charge is 0.446 e. The third-order valence-corrected chi connectivity index (χ3v) is 7.77. The molecule has 1 saturated carbocycles. The standard InChI is InChI=1S/C28H24FN5O2.C2HF3O/c29-19-4-7-24-21(14-19)28(27(35)31-24)15-22(28)18-3-5-20-23(32-33-25(20)13-18)6-1-17-2-8-26(30-16-17)34-9-11-36-12-10-34;3-2(4,5)1-6/h1-8,13-14,16,22H,9-12,15H2,(H,31,35)(H,32,33);1H/b6-1+;/t22-,28-;/m0./s1. The zero-order valence-corrected chi connectivity index (χ0v) is 22.1. The molecule has 4 heterocycles. The molecule has 2 aromatic heterocycles. The number of alkyl halides is 3. The molecule has 0 bridgehead atoms. The van der Waals surface area contributed by atoms with Crippen molar-refractivity contribution in [1.29, 1.82) is 0 Å². The second-order valence-electron chi connectivity index (χ2n) is 10.3. The van der Waals surface area contributed by atoms with Crippen LogP contribution in [0.5, 0.6) is 0 Å². The van der Waals surface area contributed by atoms with Gasteiger partial charge >= 0.3 is 6.18 Å². The van der Waals surface area contributed by atoms with E-state index >= 15 is 0 Å². The van der Waals surface area contributed by atoms with Gasteiger partial charge in [-0.05, 0) is 65.6 Å². The quantitative estimate of drug-likeness (QED) is 0.254. The minimum absolute atomic E-state index is 0.0169. The lowest BCUT2D eigenvalue weighted by molar-refractivity contribution is -0.156. The number of hydrogen-bond acceptors (Lipinski definition) is 6. The van der Waals surface area contributed by atoms with E-state index in [0.717, 1.165) is 65.4 Å². The number of pyridine rings is 1. The highest BCUT2D eigenvalue weighted by Crippen LogP contribution is 2.65. The van der Waals surface area contributed by atoms with Crippen LogP contribution in [-0.2, 0) is 19.7 Å². The monoisotopic (exact) mass is 579 g/mol. The van der Waals surface area contributed by atoms with Crippen LogP contribution in [0.4, 0.5) is 29.1 Å². The van der Waals surface area contributed by atoms with E-state index < -0.39 is 17.9 Å². The van der Waals surface area contributed by atoms with Crippen LogP contribution in [0.1, 0.15) is 34.7 Å². The van der Waals surface area contributed by atoms with Gasteiger partial charge in [0.05, 0.1) is 29.8 Å². The van der Waals surface area contributed by atoms with Crippen molar-refractivity contribution in [2.45, 2.75) is 23.9 Å². The lowest BCUT2D eigenvalue weighted by atomic mass is 9.91. The number of halogens is 4. The zero-order chi connectivity index (χ0) is 29.5. The van der Waals surface area contributed by atoms with Crippen molar-refractivity contribution >= 4 is 46.8 Å². The summed E-state index contributed by atoms with van der Waals surface area (Å²) in [5.74, 6) is 0.618. The van der Waals surface area contributed by atoms with Gasteiger partial charge in [-0.15, -0.1) is 0 Å². The Morgan fingerprint density at radius 1 is 1.05 bits per heavy atom. The number of amides is 1. The number of anilines is 2. The summed E-state index contributed by atoms with van der Waals surface area (Å²) in [6, 6.07) is 14.8. The first kappa shape index (κ1) is 27.6. The number of fused-ring (bicyclic) bond motifs is 3. The zero-order valence-electron chi connectivity index (χ0n) is 22.1. The minimum atomic E-state index is -4.64. The van der Waals surface area contributed by atoms with Crippen molar-refractivity contribution in [3.05, 3.63) is 82.9 Å². The summed E-state index contributed by atoms with van der Waals surface area (Å²) in [5, 5.41) is 11.5. The predicted octanol–water partition coefficient (Wildman–Crippen LogP) is 5.23. The van der Waals surface area contributed by atoms with E-state index in [9.17, 15) is 22.4 Å². The van der Waals surface area contributed by atoms with Crippen LogP contribution in [0.3, 0.4) is 0 Å². The smallest absolute Gasteiger partial charge is 0.378 e. The molecule has 2 N–H and O–H groups in total. The highest BCUT2D eigenvalue weighted by atomic mass is 19.4. The van der Waals surface area contributed by atoms with Crippen LogP contribution >= 0.6 is 0 Å². The van der Waals surface area contributed by atoms with Gasteiger partial charge in [0.15, 0.2) is 0 Å². The summed E-state index contributed by atoms with van der Waals surface area (Å²) in [7, 11) is 0. The Hall–Kier alpha value is -4.58. The summed E-state index contributed by atoms with van der Waals surface area (Å²) in [4.78, 5) is 28.4. The molecule has 8 nitrogen and oxygen atoms in total. The van der Waals surface area contributed by atoms with Crippen molar-refractivity contribution in [1.82, 2.24) is 15.2 Å². The summed E-state index contributed by atoms with van der Waals surface area (Å²) in [5.41, 5.74) is 4.60. The molecule has 216 valence electrons. The van der Waals surface area contributed by atoms with Gasteiger partial charge in [-0.2, -0.15) is 18.3 Å². The van der Waals surface area contributed by atoms with Crippen molar-refractivity contribution < 1.29 is 31.9 Å². The number of carbonyl (C=O) groups excluding carboxylic acids is 2. The van der Waals surface area contributed by atoms with Gasteiger partial charge in [0.25, 0.3) is 0 Å². The summed E-state index contributed by atoms with van der Waals surface area (Å²) < 4.78 is 50.6. The molecule has 1 aliphatic carbocycles. The number of hydrogen-bond donors (Lipinski definition) is 2. The highest BCUT2D eigenvalue weighted by molar-refractivity contribution is 6.10. The lowest BCUT2D eigenvalue weighted by Crippen LogP contribution is -2.36. The molecule has 4 aromatic rings.